The van der Waals surface area contributed by atoms with Crippen molar-refractivity contribution < 1.29 is 17.9 Å². The van der Waals surface area contributed by atoms with Crippen molar-refractivity contribution in [3.8, 4) is 0 Å². The zero-order valence-corrected chi connectivity index (χ0v) is 10.0. The maximum atomic E-state index is 11.8. The van der Waals surface area contributed by atoms with E-state index in [1.54, 1.807) is 0 Å². The molecule has 1 rings (SSSR count). The van der Waals surface area contributed by atoms with Crippen LogP contribution in [-0.2, 0) is 4.74 Å². The van der Waals surface area contributed by atoms with E-state index in [0.717, 1.165) is 25.7 Å². The van der Waals surface area contributed by atoms with Crippen LogP contribution in [0.3, 0.4) is 0 Å². The SMILES string of the molecule is FC(F)(F)COCCC1(CCl)CCCCC1. The minimum atomic E-state index is -4.22. The number of hydrogen-bond acceptors (Lipinski definition) is 1. The highest BCUT2D eigenvalue weighted by molar-refractivity contribution is 6.18. The quantitative estimate of drug-likeness (QED) is 0.532. The molecule has 0 saturated heterocycles. The average Bonchev–Trinajstić information content (AvgIpc) is 2.25. The molecule has 0 bridgehead atoms. The van der Waals surface area contributed by atoms with Crippen molar-refractivity contribution in [1.82, 2.24) is 0 Å². The van der Waals surface area contributed by atoms with E-state index >= 15 is 0 Å². The second-order valence-electron chi connectivity index (χ2n) is 4.61. The molecule has 0 aliphatic heterocycles. The molecule has 0 aromatic heterocycles. The highest BCUT2D eigenvalue weighted by atomic mass is 35.5. The number of rotatable bonds is 5. The van der Waals surface area contributed by atoms with Gasteiger partial charge in [-0.3, -0.25) is 0 Å². The van der Waals surface area contributed by atoms with Crippen LogP contribution in [0.25, 0.3) is 0 Å². The molecule has 1 fully saturated rings. The van der Waals surface area contributed by atoms with Crippen molar-refractivity contribution in [3.63, 3.8) is 0 Å². The predicted octanol–water partition coefficient (Wildman–Crippen LogP) is 4.14. The van der Waals surface area contributed by atoms with E-state index in [2.05, 4.69) is 4.74 Å². The number of halogens is 4. The lowest BCUT2D eigenvalue weighted by Gasteiger charge is -2.35. The van der Waals surface area contributed by atoms with Gasteiger partial charge in [-0.2, -0.15) is 13.2 Å². The molecule has 0 aromatic rings. The summed E-state index contributed by atoms with van der Waals surface area (Å²) in [5, 5.41) is 0. The molecule has 0 atom stereocenters. The van der Waals surface area contributed by atoms with E-state index in [1.807, 2.05) is 0 Å². The first-order chi connectivity index (χ1) is 7.47. The van der Waals surface area contributed by atoms with E-state index in [4.69, 9.17) is 11.6 Å². The van der Waals surface area contributed by atoms with Gasteiger partial charge in [-0.05, 0) is 24.7 Å². The Labute approximate surface area is 99.3 Å². The van der Waals surface area contributed by atoms with Crippen LogP contribution in [0.15, 0.2) is 0 Å². The van der Waals surface area contributed by atoms with Crippen LogP contribution in [0.5, 0.6) is 0 Å². The van der Waals surface area contributed by atoms with Crippen LogP contribution in [0.2, 0.25) is 0 Å². The van der Waals surface area contributed by atoms with Gasteiger partial charge in [0.15, 0.2) is 0 Å². The molecule has 1 aliphatic carbocycles. The summed E-state index contributed by atoms with van der Waals surface area (Å²) >= 11 is 5.93. The maximum Gasteiger partial charge on any atom is 0.411 e. The molecule has 0 N–H and O–H groups in total. The molecular weight excluding hydrogens is 241 g/mol. The topological polar surface area (TPSA) is 9.23 Å². The Hall–Kier alpha value is 0.0400. The summed E-state index contributed by atoms with van der Waals surface area (Å²) in [7, 11) is 0. The summed E-state index contributed by atoms with van der Waals surface area (Å²) in [5.74, 6) is 0.530. The third-order valence-corrected chi connectivity index (χ3v) is 3.81. The Balaban J connectivity index is 2.23. The van der Waals surface area contributed by atoms with Crippen molar-refractivity contribution in [2.45, 2.75) is 44.7 Å². The third kappa shape index (κ3) is 4.91. The second-order valence-corrected chi connectivity index (χ2v) is 4.88. The number of alkyl halides is 4. The van der Waals surface area contributed by atoms with Crippen LogP contribution in [0.4, 0.5) is 13.2 Å². The Morgan fingerprint density at radius 2 is 1.75 bits per heavy atom. The van der Waals surface area contributed by atoms with Crippen molar-refractivity contribution >= 4 is 11.6 Å². The maximum absolute atomic E-state index is 11.8. The first kappa shape index (κ1) is 14.1. The van der Waals surface area contributed by atoms with Crippen LogP contribution in [0.1, 0.15) is 38.5 Å². The minimum absolute atomic E-state index is 0.0193. The smallest absolute Gasteiger partial charge is 0.372 e. The van der Waals surface area contributed by atoms with Gasteiger partial charge in [-0.1, -0.05) is 19.3 Å². The lowest BCUT2D eigenvalue weighted by Crippen LogP contribution is -2.28. The van der Waals surface area contributed by atoms with Crippen LogP contribution in [-0.4, -0.2) is 25.3 Å². The number of ether oxygens (including phenoxy) is 1. The molecule has 96 valence electrons. The molecule has 0 aromatic carbocycles. The summed E-state index contributed by atoms with van der Waals surface area (Å²) in [6.07, 6.45) is 1.94. The zero-order chi connectivity index (χ0) is 12.1. The summed E-state index contributed by atoms with van der Waals surface area (Å²) < 4.78 is 40.2. The van der Waals surface area contributed by atoms with Gasteiger partial charge in [0.2, 0.25) is 0 Å². The molecular formula is C11H18ClF3O. The van der Waals surface area contributed by atoms with Gasteiger partial charge in [0.05, 0.1) is 0 Å². The molecule has 0 unspecified atom stereocenters. The highest BCUT2D eigenvalue weighted by Crippen LogP contribution is 2.40. The Bertz CT molecular complexity index is 200. The predicted molar refractivity (Wildman–Crippen MR) is 57.7 cm³/mol. The molecule has 0 radical (unpaired) electrons. The molecule has 0 amide bonds. The fraction of sp³-hybridized carbons (Fsp3) is 1.00. The average molecular weight is 259 g/mol. The van der Waals surface area contributed by atoms with Gasteiger partial charge in [0.1, 0.15) is 6.61 Å². The highest BCUT2D eigenvalue weighted by Gasteiger charge is 2.32. The van der Waals surface area contributed by atoms with Gasteiger partial charge < -0.3 is 4.74 Å². The second kappa shape index (κ2) is 6.10. The summed E-state index contributed by atoms with van der Waals surface area (Å²) in [4.78, 5) is 0. The van der Waals surface area contributed by atoms with Crippen LogP contribution in [0, 0.1) is 5.41 Å². The van der Waals surface area contributed by atoms with Gasteiger partial charge in [-0.15, -0.1) is 11.6 Å². The Morgan fingerprint density at radius 3 is 2.25 bits per heavy atom. The monoisotopic (exact) mass is 258 g/mol. The van der Waals surface area contributed by atoms with E-state index in [1.165, 1.54) is 6.42 Å². The normalized spacial score (nSPS) is 21.0. The minimum Gasteiger partial charge on any atom is -0.372 e. The molecule has 0 heterocycles. The first-order valence-electron chi connectivity index (χ1n) is 5.68. The van der Waals surface area contributed by atoms with Crippen LogP contribution < -0.4 is 0 Å². The van der Waals surface area contributed by atoms with E-state index in [-0.39, 0.29) is 12.0 Å². The van der Waals surface area contributed by atoms with Gasteiger partial charge in [0, 0.05) is 12.5 Å². The largest absolute Gasteiger partial charge is 0.411 e. The standard InChI is InChI=1S/C11H18ClF3O/c12-8-10(4-2-1-3-5-10)6-7-16-9-11(13,14)15/h1-9H2. The fourth-order valence-corrected chi connectivity index (χ4v) is 2.63. The first-order valence-corrected chi connectivity index (χ1v) is 6.21. The Kier molecular flexibility index (Phi) is 5.38. The molecule has 16 heavy (non-hydrogen) atoms. The van der Waals surface area contributed by atoms with E-state index in [0.29, 0.717) is 12.3 Å². The third-order valence-electron chi connectivity index (χ3n) is 3.24. The van der Waals surface area contributed by atoms with Crippen molar-refractivity contribution in [2.24, 2.45) is 5.41 Å². The summed E-state index contributed by atoms with van der Waals surface area (Å²) in [6, 6.07) is 0. The van der Waals surface area contributed by atoms with Gasteiger partial charge in [0.25, 0.3) is 0 Å². The number of hydrogen-bond donors (Lipinski definition) is 0. The molecule has 1 aliphatic rings. The lowest BCUT2D eigenvalue weighted by molar-refractivity contribution is -0.175. The fourth-order valence-electron chi connectivity index (χ4n) is 2.23. The van der Waals surface area contributed by atoms with Crippen molar-refractivity contribution in [2.75, 3.05) is 19.1 Å². The van der Waals surface area contributed by atoms with E-state index < -0.39 is 12.8 Å². The molecule has 5 heteroatoms. The van der Waals surface area contributed by atoms with Crippen molar-refractivity contribution in [3.05, 3.63) is 0 Å². The summed E-state index contributed by atoms with van der Waals surface area (Å²) in [5.41, 5.74) is 0.0193. The van der Waals surface area contributed by atoms with E-state index in [9.17, 15) is 13.2 Å². The van der Waals surface area contributed by atoms with Crippen LogP contribution >= 0.6 is 11.6 Å². The lowest BCUT2D eigenvalue weighted by atomic mass is 9.73. The summed E-state index contributed by atoms with van der Waals surface area (Å²) in [6.45, 7) is -0.988. The molecule has 1 nitrogen and oxygen atoms in total. The zero-order valence-electron chi connectivity index (χ0n) is 9.28. The van der Waals surface area contributed by atoms with Gasteiger partial charge in [-0.25, -0.2) is 0 Å². The molecule has 1 saturated carbocycles. The van der Waals surface area contributed by atoms with Gasteiger partial charge >= 0.3 is 6.18 Å². The molecule has 0 spiro atoms. The van der Waals surface area contributed by atoms with Crippen molar-refractivity contribution in [1.29, 1.82) is 0 Å². The Morgan fingerprint density at radius 1 is 1.12 bits per heavy atom.